The number of hydrogen-bond acceptors (Lipinski definition) is 4. The molecule has 3 rings (SSSR count). The zero-order valence-electron chi connectivity index (χ0n) is 17.7. The maximum atomic E-state index is 12.8. The summed E-state index contributed by atoms with van der Waals surface area (Å²) in [7, 11) is 0. The van der Waals surface area contributed by atoms with Crippen molar-refractivity contribution in [3.8, 4) is 0 Å². The van der Waals surface area contributed by atoms with Gasteiger partial charge in [-0.25, -0.2) is 4.98 Å². The Labute approximate surface area is 178 Å². The Morgan fingerprint density at radius 3 is 2.30 bits per heavy atom. The molecule has 7 nitrogen and oxygen atoms in total. The van der Waals surface area contributed by atoms with Gasteiger partial charge in [-0.3, -0.25) is 9.59 Å². The largest absolute Gasteiger partial charge is 0.394 e. The quantitative estimate of drug-likeness (QED) is 0.601. The zero-order chi connectivity index (χ0) is 21.2. The molecule has 7 heteroatoms. The van der Waals surface area contributed by atoms with Crippen LogP contribution in [0.25, 0.3) is 11.0 Å². The molecule has 0 radical (unpaired) electrons. The van der Waals surface area contributed by atoms with Gasteiger partial charge in [-0.15, -0.1) is 0 Å². The van der Waals surface area contributed by atoms with Crippen molar-refractivity contribution in [3.05, 3.63) is 30.1 Å². The minimum atomic E-state index is -0.962. The Morgan fingerprint density at radius 2 is 1.67 bits per heavy atom. The van der Waals surface area contributed by atoms with Gasteiger partial charge in [0.1, 0.15) is 6.04 Å². The van der Waals surface area contributed by atoms with E-state index in [4.69, 9.17) is 0 Å². The highest BCUT2D eigenvalue weighted by atomic mass is 16.3. The first kappa shape index (κ1) is 22.3. The second-order valence-electron chi connectivity index (χ2n) is 8.31. The molecule has 4 N–H and O–H groups in total. The van der Waals surface area contributed by atoms with Crippen molar-refractivity contribution in [1.82, 2.24) is 20.6 Å². The molecular formula is C23H34N4O3. The normalized spacial score (nSPS) is 18.2. The minimum absolute atomic E-state index is 0.101. The number of aromatic amines is 1. The van der Waals surface area contributed by atoms with Crippen LogP contribution >= 0.6 is 0 Å². The van der Waals surface area contributed by atoms with Gasteiger partial charge in [-0.2, -0.15) is 0 Å². The van der Waals surface area contributed by atoms with Crippen molar-refractivity contribution in [3.63, 3.8) is 0 Å². The van der Waals surface area contributed by atoms with Gasteiger partial charge in [-0.1, -0.05) is 57.8 Å². The van der Waals surface area contributed by atoms with E-state index in [9.17, 15) is 14.7 Å². The number of fused-ring (bicyclic) bond motifs is 1. The number of rotatable bonds is 5. The number of aliphatic hydroxyl groups excluding tert-OH is 1. The van der Waals surface area contributed by atoms with Gasteiger partial charge in [0, 0.05) is 11.6 Å². The Hall–Kier alpha value is -2.41. The third-order valence-electron chi connectivity index (χ3n) is 5.94. The Bertz CT molecular complexity index is 808. The summed E-state index contributed by atoms with van der Waals surface area (Å²) in [5.41, 5.74) is 1.94. The van der Waals surface area contributed by atoms with Crippen LogP contribution in [-0.2, 0) is 4.79 Å². The summed E-state index contributed by atoms with van der Waals surface area (Å²) >= 11 is 0. The molecule has 1 atom stereocenters. The van der Waals surface area contributed by atoms with Crippen LogP contribution in [0.15, 0.2) is 24.5 Å². The van der Waals surface area contributed by atoms with Crippen molar-refractivity contribution in [2.45, 2.75) is 82.7 Å². The molecule has 0 spiro atoms. The summed E-state index contributed by atoms with van der Waals surface area (Å²) in [5.74, 6) is -0.704. The van der Waals surface area contributed by atoms with E-state index in [2.05, 4.69) is 20.6 Å². The molecule has 1 saturated carbocycles. The second kappa shape index (κ2) is 11.7. The summed E-state index contributed by atoms with van der Waals surface area (Å²) in [4.78, 5) is 32.5. The molecule has 30 heavy (non-hydrogen) atoms. The van der Waals surface area contributed by atoms with E-state index >= 15 is 0 Å². The second-order valence-corrected chi connectivity index (χ2v) is 8.31. The number of nitrogens with one attached hydrogen (secondary N) is 3. The molecule has 0 bridgehead atoms. The fourth-order valence-corrected chi connectivity index (χ4v) is 4.12. The minimum Gasteiger partial charge on any atom is -0.394 e. The highest BCUT2D eigenvalue weighted by Gasteiger charge is 2.23. The highest BCUT2D eigenvalue weighted by Crippen LogP contribution is 2.17. The molecule has 1 aliphatic rings. The van der Waals surface area contributed by atoms with Crippen LogP contribution in [0.3, 0.4) is 0 Å². The maximum absolute atomic E-state index is 12.8. The number of aliphatic hydroxyl groups is 1. The molecule has 1 heterocycles. The summed E-state index contributed by atoms with van der Waals surface area (Å²) < 4.78 is 0. The lowest BCUT2D eigenvalue weighted by Crippen LogP contribution is -2.51. The van der Waals surface area contributed by atoms with E-state index in [1.807, 2.05) is 0 Å². The van der Waals surface area contributed by atoms with Gasteiger partial charge >= 0.3 is 0 Å². The van der Waals surface area contributed by atoms with E-state index in [0.717, 1.165) is 36.7 Å². The van der Waals surface area contributed by atoms with Crippen LogP contribution in [0, 0.1) is 0 Å². The number of H-pyrrole nitrogens is 1. The van der Waals surface area contributed by atoms with Gasteiger partial charge in [0.05, 0.1) is 24.0 Å². The fourth-order valence-electron chi connectivity index (χ4n) is 4.12. The van der Waals surface area contributed by atoms with Crippen LogP contribution in [0.5, 0.6) is 0 Å². The first-order valence-electron chi connectivity index (χ1n) is 11.3. The number of carbonyl (C=O) groups excluding carboxylic acids is 2. The van der Waals surface area contributed by atoms with Crippen LogP contribution in [0.1, 0.15) is 81.0 Å². The third kappa shape index (κ3) is 6.55. The predicted molar refractivity (Wildman–Crippen MR) is 117 cm³/mol. The molecule has 1 unspecified atom stereocenters. The lowest BCUT2D eigenvalue weighted by Gasteiger charge is -2.23. The Morgan fingerprint density at radius 1 is 1.03 bits per heavy atom. The van der Waals surface area contributed by atoms with Gasteiger partial charge in [0.15, 0.2) is 0 Å². The van der Waals surface area contributed by atoms with Crippen molar-refractivity contribution >= 4 is 22.8 Å². The highest BCUT2D eigenvalue weighted by molar-refractivity contribution is 5.99. The monoisotopic (exact) mass is 414 g/mol. The number of benzene rings is 1. The predicted octanol–water partition coefficient (Wildman–Crippen LogP) is 3.44. The first-order valence-corrected chi connectivity index (χ1v) is 11.3. The molecule has 0 saturated heterocycles. The summed E-state index contributed by atoms with van der Waals surface area (Å²) in [6, 6.07) is 4.24. The van der Waals surface area contributed by atoms with Gasteiger partial charge in [0.2, 0.25) is 5.91 Å². The first-order chi connectivity index (χ1) is 14.7. The van der Waals surface area contributed by atoms with Crippen LogP contribution in [0.2, 0.25) is 0 Å². The van der Waals surface area contributed by atoms with Crippen molar-refractivity contribution < 1.29 is 14.7 Å². The van der Waals surface area contributed by atoms with E-state index in [1.54, 1.807) is 24.5 Å². The number of carbonyl (C=O) groups is 2. The summed E-state index contributed by atoms with van der Waals surface area (Å²) in [5, 5.41) is 15.5. The maximum Gasteiger partial charge on any atom is 0.252 e. The standard InChI is InChI=1S/C23H34N4O3/c28-15-21(27-22(29)17-12-13-19-20(14-17)25-16-24-19)23(30)26-18-10-8-6-4-2-1-3-5-7-9-11-18/h12-14,16,18,21,28H,1-11,15H2,(H,24,25)(H,26,30)(H,27,29). The van der Waals surface area contributed by atoms with Gasteiger partial charge < -0.3 is 20.7 Å². The molecule has 1 aromatic carbocycles. The number of aromatic nitrogens is 2. The van der Waals surface area contributed by atoms with Crippen LogP contribution < -0.4 is 10.6 Å². The van der Waals surface area contributed by atoms with E-state index in [1.165, 1.54) is 44.9 Å². The van der Waals surface area contributed by atoms with Gasteiger partial charge in [0.25, 0.3) is 5.91 Å². The molecule has 2 aromatic rings. The number of amides is 2. The van der Waals surface area contributed by atoms with Crippen molar-refractivity contribution in [2.75, 3.05) is 6.61 Å². The van der Waals surface area contributed by atoms with Crippen LogP contribution in [-0.4, -0.2) is 45.6 Å². The molecule has 164 valence electrons. The molecule has 1 fully saturated rings. The third-order valence-corrected chi connectivity index (χ3v) is 5.94. The van der Waals surface area contributed by atoms with Crippen molar-refractivity contribution in [2.24, 2.45) is 0 Å². The summed E-state index contributed by atoms with van der Waals surface area (Å²) in [6.07, 6.45) is 14.5. The lowest BCUT2D eigenvalue weighted by molar-refractivity contribution is -0.124. The Kier molecular flexibility index (Phi) is 8.68. The lowest BCUT2D eigenvalue weighted by atomic mass is 9.97. The van der Waals surface area contributed by atoms with E-state index in [-0.39, 0.29) is 17.9 Å². The van der Waals surface area contributed by atoms with E-state index in [0.29, 0.717) is 5.56 Å². The number of hydrogen-bond donors (Lipinski definition) is 4. The van der Waals surface area contributed by atoms with Crippen LogP contribution in [0.4, 0.5) is 0 Å². The topological polar surface area (TPSA) is 107 Å². The van der Waals surface area contributed by atoms with Gasteiger partial charge in [-0.05, 0) is 31.0 Å². The zero-order valence-corrected chi connectivity index (χ0v) is 17.7. The SMILES string of the molecule is O=C(NC(CO)C(=O)NC1CCCCCCCCCCC1)c1ccc2nc[nH]c2c1. The van der Waals surface area contributed by atoms with Crippen molar-refractivity contribution in [1.29, 1.82) is 0 Å². The molecule has 1 aromatic heterocycles. The van der Waals surface area contributed by atoms with E-state index < -0.39 is 12.6 Å². The fraction of sp³-hybridized carbons (Fsp3) is 0.609. The molecule has 0 aliphatic heterocycles. The summed E-state index contributed by atoms with van der Waals surface area (Å²) in [6.45, 7) is -0.434. The Balaban J connectivity index is 1.55. The smallest absolute Gasteiger partial charge is 0.252 e. The average Bonchev–Trinajstić information content (AvgIpc) is 3.21. The molecule has 2 amide bonds. The molecule has 1 aliphatic carbocycles. The average molecular weight is 415 g/mol. The number of imidazole rings is 1. The number of nitrogens with zero attached hydrogens (tertiary/aromatic N) is 1. The molecular weight excluding hydrogens is 380 g/mol.